The molecule has 1 unspecified atom stereocenters. The summed E-state index contributed by atoms with van der Waals surface area (Å²) in [5, 5.41) is 12.6. The molecule has 0 bridgehead atoms. The van der Waals surface area contributed by atoms with Crippen molar-refractivity contribution in [1.82, 2.24) is 14.7 Å². The number of halogens is 1. The van der Waals surface area contributed by atoms with Crippen molar-refractivity contribution in [2.75, 3.05) is 6.54 Å². The summed E-state index contributed by atoms with van der Waals surface area (Å²) < 4.78 is 2.97. The number of nitrogens with zero attached hydrogens (tertiary/aromatic N) is 3. The molecule has 1 aliphatic heterocycles. The number of imidazole rings is 1. The predicted octanol–water partition coefficient (Wildman–Crippen LogP) is 2.26. The maximum atomic E-state index is 9.14. The van der Waals surface area contributed by atoms with E-state index in [4.69, 9.17) is 5.26 Å². The number of fused-ring (bicyclic) bond motifs is 1. The second-order valence-electron chi connectivity index (χ2n) is 4.55. The zero-order valence-electron chi connectivity index (χ0n) is 9.86. The lowest BCUT2D eigenvalue weighted by atomic mass is 10.1. The first-order valence-electron chi connectivity index (χ1n) is 6.09. The van der Waals surface area contributed by atoms with Gasteiger partial charge in [0, 0.05) is 12.5 Å². The summed E-state index contributed by atoms with van der Waals surface area (Å²) in [4.78, 5) is 4.46. The molecular weight excluding hydrogens is 292 g/mol. The molecule has 0 amide bonds. The molecule has 2 aromatic rings. The lowest BCUT2D eigenvalue weighted by Gasteiger charge is -2.09. The maximum Gasteiger partial charge on any atom is 0.166 e. The molecule has 0 radical (unpaired) electrons. The molecular formula is C13H13BrN4. The molecule has 1 fully saturated rings. The van der Waals surface area contributed by atoms with Crippen LogP contribution in [-0.2, 0) is 6.42 Å². The SMILES string of the molecule is N#Cc1nc(CC2CCCN2)n2c(Br)cccc12. The number of pyridine rings is 1. The first-order chi connectivity index (χ1) is 8.79. The minimum absolute atomic E-state index is 0.481. The predicted molar refractivity (Wildman–Crippen MR) is 72.3 cm³/mol. The first-order valence-corrected chi connectivity index (χ1v) is 6.88. The highest BCUT2D eigenvalue weighted by atomic mass is 79.9. The Morgan fingerprint density at radius 1 is 1.56 bits per heavy atom. The Labute approximate surface area is 114 Å². The molecule has 2 aromatic heterocycles. The molecule has 92 valence electrons. The molecule has 3 rings (SSSR count). The van der Waals surface area contributed by atoms with Gasteiger partial charge in [0.1, 0.15) is 11.9 Å². The number of rotatable bonds is 2. The molecule has 1 atom stereocenters. The minimum atomic E-state index is 0.481. The average molecular weight is 305 g/mol. The van der Waals surface area contributed by atoms with E-state index in [-0.39, 0.29) is 0 Å². The van der Waals surface area contributed by atoms with Crippen LogP contribution in [0, 0.1) is 11.3 Å². The molecule has 18 heavy (non-hydrogen) atoms. The molecule has 1 saturated heterocycles. The molecule has 0 aromatic carbocycles. The Morgan fingerprint density at radius 2 is 2.44 bits per heavy atom. The zero-order chi connectivity index (χ0) is 12.5. The maximum absolute atomic E-state index is 9.14. The molecule has 0 spiro atoms. The summed E-state index contributed by atoms with van der Waals surface area (Å²) >= 11 is 3.53. The van der Waals surface area contributed by atoms with Crippen LogP contribution in [0.15, 0.2) is 22.8 Å². The average Bonchev–Trinajstić information content (AvgIpc) is 2.98. The van der Waals surface area contributed by atoms with Crippen LogP contribution in [0.2, 0.25) is 0 Å². The summed E-state index contributed by atoms with van der Waals surface area (Å²) in [6.07, 6.45) is 3.27. The van der Waals surface area contributed by atoms with Crippen molar-refractivity contribution in [2.24, 2.45) is 0 Å². The number of nitrogens with one attached hydrogen (secondary N) is 1. The van der Waals surface area contributed by atoms with E-state index in [1.54, 1.807) is 0 Å². The van der Waals surface area contributed by atoms with Crippen molar-refractivity contribution in [3.05, 3.63) is 34.3 Å². The fraction of sp³-hybridized carbons (Fsp3) is 0.385. The van der Waals surface area contributed by atoms with Gasteiger partial charge in [0.2, 0.25) is 0 Å². The quantitative estimate of drug-likeness (QED) is 0.866. The van der Waals surface area contributed by atoms with Crippen LogP contribution in [0.3, 0.4) is 0 Å². The van der Waals surface area contributed by atoms with Gasteiger partial charge in [-0.2, -0.15) is 5.26 Å². The van der Waals surface area contributed by atoms with E-state index in [2.05, 4.69) is 32.3 Å². The highest BCUT2D eigenvalue weighted by molar-refractivity contribution is 9.10. The van der Waals surface area contributed by atoms with E-state index in [0.29, 0.717) is 11.7 Å². The lowest BCUT2D eigenvalue weighted by Crippen LogP contribution is -2.24. The van der Waals surface area contributed by atoms with Crippen LogP contribution in [0.5, 0.6) is 0 Å². The summed E-state index contributed by atoms with van der Waals surface area (Å²) in [5.41, 5.74) is 1.38. The Hall–Kier alpha value is -1.38. The van der Waals surface area contributed by atoms with E-state index >= 15 is 0 Å². The van der Waals surface area contributed by atoms with E-state index < -0.39 is 0 Å². The van der Waals surface area contributed by atoms with Gasteiger partial charge < -0.3 is 5.32 Å². The zero-order valence-corrected chi connectivity index (χ0v) is 11.4. The number of hydrogen-bond acceptors (Lipinski definition) is 3. The third-order valence-corrected chi connectivity index (χ3v) is 4.00. The number of hydrogen-bond donors (Lipinski definition) is 1. The third kappa shape index (κ3) is 1.92. The Morgan fingerprint density at radius 3 is 3.17 bits per heavy atom. The van der Waals surface area contributed by atoms with Crippen LogP contribution >= 0.6 is 15.9 Å². The second-order valence-corrected chi connectivity index (χ2v) is 5.37. The van der Waals surface area contributed by atoms with Crippen LogP contribution in [0.4, 0.5) is 0 Å². The molecule has 1 N–H and O–H groups in total. The fourth-order valence-electron chi connectivity index (χ4n) is 2.54. The van der Waals surface area contributed by atoms with Crippen molar-refractivity contribution in [3.8, 4) is 6.07 Å². The summed E-state index contributed by atoms with van der Waals surface area (Å²) in [6, 6.07) is 8.49. The van der Waals surface area contributed by atoms with Gasteiger partial charge in [-0.1, -0.05) is 6.07 Å². The summed E-state index contributed by atoms with van der Waals surface area (Å²) in [7, 11) is 0. The van der Waals surface area contributed by atoms with Crippen molar-refractivity contribution >= 4 is 21.4 Å². The van der Waals surface area contributed by atoms with E-state index in [1.807, 2.05) is 22.6 Å². The van der Waals surface area contributed by atoms with Gasteiger partial charge in [-0.3, -0.25) is 4.40 Å². The van der Waals surface area contributed by atoms with Gasteiger partial charge in [-0.25, -0.2) is 4.98 Å². The Bertz CT molecular complexity index is 620. The van der Waals surface area contributed by atoms with Gasteiger partial charge in [0.15, 0.2) is 5.69 Å². The van der Waals surface area contributed by atoms with Crippen LogP contribution in [-0.4, -0.2) is 22.0 Å². The van der Waals surface area contributed by atoms with Crippen LogP contribution < -0.4 is 5.32 Å². The van der Waals surface area contributed by atoms with Crippen LogP contribution in [0.25, 0.3) is 5.52 Å². The van der Waals surface area contributed by atoms with Crippen molar-refractivity contribution < 1.29 is 0 Å². The van der Waals surface area contributed by atoms with Gasteiger partial charge in [0.25, 0.3) is 0 Å². The molecule has 0 aliphatic carbocycles. The van der Waals surface area contributed by atoms with Crippen molar-refractivity contribution in [3.63, 3.8) is 0 Å². The number of aromatic nitrogens is 2. The smallest absolute Gasteiger partial charge is 0.166 e. The standard InChI is InChI=1S/C13H13BrN4/c14-12-5-1-4-11-10(8-15)17-13(18(11)12)7-9-3-2-6-16-9/h1,4-5,9,16H,2-3,6-7H2. The molecule has 0 saturated carbocycles. The topological polar surface area (TPSA) is 53.1 Å². The molecule has 1 aliphatic rings. The Balaban J connectivity index is 2.08. The second kappa shape index (κ2) is 4.71. The third-order valence-electron chi connectivity index (χ3n) is 3.38. The largest absolute Gasteiger partial charge is 0.314 e. The van der Waals surface area contributed by atoms with E-state index in [1.165, 1.54) is 12.8 Å². The van der Waals surface area contributed by atoms with Crippen LogP contribution in [0.1, 0.15) is 24.4 Å². The molecule has 4 nitrogen and oxygen atoms in total. The number of nitriles is 1. The van der Waals surface area contributed by atoms with Crippen molar-refractivity contribution in [2.45, 2.75) is 25.3 Å². The lowest BCUT2D eigenvalue weighted by molar-refractivity contribution is 0.583. The highest BCUT2D eigenvalue weighted by Gasteiger charge is 2.19. The molecule has 5 heteroatoms. The first kappa shape index (κ1) is 11.7. The van der Waals surface area contributed by atoms with Gasteiger partial charge >= 0.3 is 0 Å². The van der Waals surface area contributed by atoms with Gasteiger partial charge in [-0.15, -0.1) is 0 Å². The van der Waals surface area contributed by atoms with Gasteiger partial charge in [0.05, 0.1) is 10.1 Å². The fourth-order valence-corrected chi connectivity index (χ4v) is 3.09. The van der Waals surface area contributed by atoms with Gasteiger partial charge in [-0.05, 0) is 47.4 Å². The normalized spacial score (nSPS) is 19.2. The highest BCUT2D eigenvalue weighted by Crippen LogP contribution is 2.21. The molecule has 3 heterocycles. The summed E-state index contributed by atoms with van der Waals surface area (Å²) in [6.45, 7) is 1.08. The van der Waals surface area contributed by atoms with Crippen molar-refractivity contribution in [1.29, 1.82) is 5.26 Å². The monoisotopic (exact) mass is 304 g/mol. The van der Waals surface area contributed by atoms with E-state index in [0.717, 1.165) is 28.9 Å². The summed E-state index contributed by atoms with van der Waals surface area (Å²) in [5.74, 6) is 0.952. The Kier molecular flexibility index (Phi) is 3.06. The minimum Gasteiger partial charge on any atom is -0.314 e. The van der Waals surface area contributed by atoms with E-state index in [9.17, 15) is 0 Å².